The van der Waals surface area contributed by atoms with Crippen LogP contribution in [0.15, 0.2) is 11.8 Å². The quantitative estimate of drug-likeness (QED) is 0.419. The normalized spacial score (nSPS) is 19.4. The number of ether oxygens (including phenoxy) is 2. The molecule has 1 saturated heterocycles. The average Bonchev–Trinajstić information content (AvgIpc) is 2.54. The molecule has 1 aliphatic heterocycles. The molecule has 1 fully saturated rings. The number of esters is 2. The van der Waals surface area contributed by atoms with Crippen LogP contribution in [0.3, 0.4) is 0 Å². The SMILES string of the molecule is CCC(C)OC(=O)CC1C(=O)NCCN1/C=C(\C#N)C(=O)OC. The zero-order valence-electron chi connectivity index (χ0n) is 13.5. The van der Waals surface area contributed by atoms with Gasteiger partial charge in [-0.2, -0.15) is 5.26 Å². The van der Waals surface area contributed by atoms with Gasteiger partial charge in [0.2, 0.25) is 5.91 Å². The summed E-state index contributed by atoms with van der Waals surface area (Å²) in [7, 11) is 1.16. The maximum absolute atomic E-state index is 12.0. The van der Waals surface area contributed by atoms with Gasteiger partial charge < -0.3 is 19.7 Å². The molecule has 0 aromatic heterocycles. The first-order valence-corrected chi connectivity index (χ1v) is 7.36. The lowest BCUT2D eigenvalue weighted by atomic mass is 10.1. The number of nitrogens with zero attached hydrogens (tertiary/aromatic N) is 2. The van der Waals surface area contributed by atoms with Crippen molar-refractivity contribution < 1.29 is 23.9 Å². The molecule has 2 atom stereocenters. The summed E-state index contributed by atoms with van der Waals surface area (Å²) in [5.74, 6) is -1.65. The number of carbonyl (C=O) groups excluding carboxylic acids is 3. The summed E-state index contributed by atoms with van der Waals surface area (Å²) >= 11 is 0. The molecule has 1 aliphatic rings. The highest BCUT2D eigenvalue weighted by molar-refractivity contribution is 5.93. The number of nitriles is 1. The Hall–Kier alpha value is -2.56. The Morgan fingerprint density at radius 2 is 2.26 bits per heavy atom. The number of carbonyl (C=O) groups is 3. The van der Waals surface area contributed by atoms with Crippen LogP contribution in [0.5, 0.6) is 0 Å². The van der Waals surface area contributed by atoms with Crippen molar-refractivity contribution in [1.82, 2.24) is 10.2 Å². The minimum atomic E-state index is -0.826. The maximum atomic E-state index is 12.0. The van der Waals surface area contributed by atoms with Crippen LogP contribution in [0.25, 0.3) is 0 Å². The summed E-state index contributed by atoms with van der Waals surface area (Å²) in [5, 5.41) is 11.7. The van der Waals surface area contributed by atoms with Gasteiger partial charge in [-0.1, -0.05) is 6.92 Å². The third kappa shape index (κ3) is 5.29. The van der Waals surface area contributed by atoms with Crippen molar-refractivity contribution in [2.45, 2.75) is 38.8 Å². The van der Waals surface area contributed by atoms with Gasteiger partial charge in [-0.25, -0.2) is 4.79 Å². The van der Waals surface area contributed by atoms with E-state index in [0.29, 0.717) is 19.5 Å². The molecule has 8 heteroatoms. The first-order valence-electron chi connectivity index (χ1n) is 7.36. The van der Waals surface area contributed by atoms with Crippen molar-refractivity contribution in [3.05, 3.63) is 11.8 Å². The number of amides is 1. The third-order valence-corrected chi connectivity index (χ3v) is 3.46. The molecule has 0 aromatic rings. The molecular weight excluding hydrogens is 302 g/mol. The largest absolute Gasteiger partial charge is 0.465 e. The van der Waals surface area contributed by atoms with E-state index in [4.69, 9.17) is 10.00 Å². The highest BCUT2D eigenvalue weighted by Gasteiger charge is 2.31. The summed E-state index contributed by atoms with van der Waals surface area (Å²) in [6, 6.07) is 0.901. The van der Waals surface area contributed by atoms with Gasteiger partial charge in [0.15, 0.2) is 5.57 Å². The van der Waals surface area contributed by atoms with Crippen molar-refractivity contribution >= 4 is 17.8 Å². The Morgan fingerprint density at radius 1 is 1.57 bits per heavy atom. The van der Waals surface area contributed by atoms with Crippen molar-refractivity contribution in [2.75, 3.05) is 20.2 Å². The zero-order chi connectivity index (χ0) is 17.4. The van der Waals surface area contributed by atoms with E-state index in [1.165, 1.54) is 11.1 Å². The van der Waals surface area contributed by atoms with Crippen molar-refractivity contribution in [3.63, 3.8) is 0 Å². The molecular formula is C15H21N3O5. The molecule has 0 spiro atoms. The van der Waals surface area contributed by atoms with Crippen molar-refractivity contribution in [1.29, 1.82) is 5.26 Å². The smallest absolute Gasteiger partial charge is 0.350 e. The Labute approximate surface area is 135 Å². The van der Waals surface area contributed by atoms with Gasteiger partial charge in [-0.3, -0.25) is 9.59 Å². The molecule has 0 radical (unpaired) electrons. The van der Waals surface area contributed by atoms with E-state index in [9.17, 15) is 14.4 Å². The molecule has 1 N–H and O–H groups in total. The number of methoxy groups -OCH3 is 1. The van der Waals surface area contributed by atoms with Crippen LogP contribution in [0.4, 0.5) is 0 Å². The lowest BCUT2D eigenvalue weighted by Crippen LogP contribution is -2.54. The van der Waals surface area contributed by atoms with Crippen LogP contribution in [0.1, 0.15) is 26.7 Å². The second-order valence-corrected chi connectivity index (χ2v) is 5.10. The van der Waals surface area contributed by atoms with Crippen LogP contribution in [0.2, 0.25) is 0 Å². The topological polar surface area (TPSA) is 109 Å². The summed E-state index contributed by atoms with van der Waals surface area (Å²) in [6.07, 6.45) is 1.54. The third-order valence-electron chi connectivity index (χ3n) is 3.46. The molecule has 2 unspecified atom stereocenters. The van der Waals surface area contributed by atoms with Gasteiger partial charge in [-0.05, 0) is 13.3 Å². The van der Waals surface area contributed by atoms with E-state index >= 15 is 0 Å². The summed E-state index contributed by atoms with van der Waals surface area (Å²) in [6.45, 7) is 4.37. The Bertz CT molecular complexity index is 538. The first kappa shape index (κ1) is 18.5. The first-order chi connectivity index (χ1) is 10.9. The molecule has 1 amide bonds. The van der Waals surface area contributed by atoms with Gasteiger partial charge in [0.25, 0.3) is 0 Å². The van der Waals surface area contributed by atoms with E-state index in [0.717, 1.165) is 7.11 Å². The Balaban J connectivity index is 2.89. The van der Waals surface area contributed by atoms with Crippen molar-refractivity contribution in [2.24, 2.45) is 0 Å². The fourth-order valence-corrected chi connectivity index (χ4v) is 2.01. The molecule has 126 valence electrons. The number of nitrogens with one attached hydrogen (secondary N) is 1. The monoisotopic (exact) mass is 323 g/mol. The van der Waals surface area contributed by atoms with E-state index in [-0.39, 0.29) is 24.0 Å². The molecule has 0 aromatic carbocycles. The van der Waals surface area contributed by atoms with Crippen LogP contribution in [-0.2, 0) is 23.9 Å². The minimum Gasteiger partial charge on any atom is -0.465 e. The predicted octanol–water partition coefficient (Wildman–Crippen LogP) is 0.0991. The highest BCUT2D eigenvalue weighted by atomic mass is 16.5. The van der Waals surface area contributed by atoms with Crippen LogP contribution in [-0.4, -0.2) is 55.1 Å². The van der Waals surface area contributed by atoms with E-state index in [1.807, 2.05) is 6.92 Å². The number of hydrogen-bond donors (Lipinski definition) is 1. The number of hydrogen-bond acceptors (Lipinski definition) is 7. The molecule has 8 nitrogen and oxygen atoms in total. The molecule has 0 saturated carbocycles. The van der Waals surface area contributed by atoms with Crippen LogP contribution >= 0.6 is 0 Å². The summed E-state index contributed by atoms with van der Waals surface area (Å²) < 4.78 is 9.68. The molecule has 1 heterocycles. The second kappa shape index (κ2) is 8.78. The van der Waals surface area contributed by atoms with E-state index in [2.05, 4.69) is 10.1 Å². The van der Waals surface area contributed by atoms with E-state index in [1.54, 1.807) is 13.0 Å². The van der Waals surface area contributed by atoms with Crippen molar-refractivity contribution in [3.8, 4) is 6.07 Å². The molecule has 23 heavy (non-hydrogen) atoms. The molecule has 0 aliphatic carbocycles. The van der Waals surface area contributed by atoms with E-state index < -0.39 is 18.0 Å². The number of piperazine rings is 1. The lowest BCUT2D eigenvalue weighted by Gasteiger charge is -2.33. The van der Waals surface area contributed by atoms with Gasteiger partial charge in [0.1, 0.15) is 12.1 Å². The lowest BCUT2D eigenvalue weighted by molar-refractivity contribution is -0.152. The number of rotatable bonds is 6. The van der Waals surface area contributed by atoms with Gasteiger partial charge in [0.05, 0.1) is 19.6 Å². The van der Waals surface area contributed by atoms with Gasteiger partial charge in [-0.15, -0.1) is 0 Å². The minimum absolute atomic E-state index is 0.160. The van der Waals surface area contributed by atoms with Gasteiger partial charge >= 0.3 is 11.9 Å². The summed E-state index contributed by atoms with van der Waals surface area (Å²) in [4.78, 5) is 36.9. The Morgan fingerprint density at radius 3 is 2.83 bits per heavy atom. The predicted molar refractivity (Wildman–Crippen MR) is 79.7 cm³/mol. The highest BCUT2D eigenvalue weighted by Crippen LogP contribution is 2.13. The standard InChI is InChI=1S/C15H21N3O5/c1-4-10(2)23-13(19)7-12-14(20)17-5-6-18(12)9-11(8-16)15(21)22-3/h9-10,12H,4-7H2,1-3H3,(H,17,20)/b11-9+. The van der Waals surface area contributed by atoms with Crippen LogP contribution < -0.4 is 5.32 Å². The molecule has 1 rings (SSSR count). The fraction of sp³-hybridized carbons (Fsp3) is 0.600. The molecule has 0 bridgehead atoms. The Kier molecular flexibility index (Phi) is 7.06. The zero-order valence-corrected chi connectivity index (χ0v) is 13.5. The fourth-order valence-electron chi connectivity index (χ4n) is 2.01. The van der Waals surface area contributed by atoms with Crippen LogP contribution in [0, 0.1) is 11.3 Å². The second-order valence-electron chi connectivity index (χ2n) is 5.10. The maximum Gasteiger partial charge on any atom is 0.350 e. The van der Waals surface area contributed by atoms with Gasteiger partial charge in [0, 0.05) is 19.3 Å². The average molecular weight is 323 g/mol. The summed E-state index contributed by atoms with van der Waals surface area (Å²) in [5.41, 5.74) is -0.234.